The van der Waals surface area contributed by atoms with Crippen LogP contribution in [-0.2, 0) is 9.59 Å². The van der Waals surface area contributed by atoms with Gasteiger partial charge < -0.3 is 9.84 Å². The molecule has 0 saturated heterocycles. The second-order valence-electron chi connectivity index (χ2n) is 5.86. The lowest BCUT2D eigenvalue weighted by Gasteiger charge is -2.17. The third-order valence-corrected chi connectivity index (χ3v) is 4.84. The van der Waals surface area contributed by atoms with Crippen LogP contribution in [-0.4, -0.2) is 34.5 Å². The number of carboxylic acids is 1. The largest absolute Gasteiger partial charge is 0.493 e. The quantitative estimate of drug-likeness (QED) is 0.715. The molecule has 144 valence electrons. The first-order valence-electron chi connectivity index (χ1n) is 8.86. The molecule has 1 N–H and O–H groups in total. The van der Waals surface area contributed by atoms with Gasteiger partial charge in [0.15, 0.2) is 5.17 Å². The lowest BCUT2D eigenvalue weighted by Crippen LogP contribution is -2.30. The van der Waals surface area contributed by atoms with Crippen molar-refractivity contribution in [1.29, 1.82) is 0 Å². The summed E-state index contributed by atoms with van der Waals surface area (Å²) in [6.07, 6.45) is 1.70. The van der Waals surface area contributed by atoms with E-state index >= 15 is 0 Å². The molecule has 2 aromatic carbocycles. The van der Waals surface area contributed by atoms with E-state index in [0.29, 0.717) is 29.0 Å². The standard InChI is InChI=1S/C21H20N2O4S/c1-2-27-18-11-7-6-8-15(18)14-17-20(26)23(16-9-4-3-5-10-16)21(22-17)28-13-12-19(24)25/h3-11,14H,2,12-13H2,1H3,(H,24,25)/b17-14-. The Morgan fingerprint density at radius 3 is 2.61 bits per heavy atom. The van der Waals surface area contributed by atoms with E-state index < -0.39 is 5.97 Å². The number of para-hydroxylation sites is 2. The molecule has 0 bridgehead atoms. The van der Waals surface area contributed by atoms with Crippen molar-refractivity contribution in [3.05, 3.63) is 65.9 Å². The van der Waals surface area contributed by atoms with Crippen molar-refractivity contribution >= 4 is 40.6 Å². The van der Waals surface area contributed by atoms with Crippen LogP contribution in [0.3, 0.4) is 0 Å². The Morgan fingerprint density at radius 2 is 1.89 bits per heavy atom. The second-order valence-corrected chi connectivity index (χ2v) is 6.93. The lowest BCUT2D eigenvalue weighted by molar-refractivity contribution is -0.136. The number of nitrogens with zero attached hydrogens (tertiary/aromatic N) is 2. The highest BCUT2D eigenvalue weighted by Gasteiger charge is 2.32. The third-order valence-electron chi connectivity index (χ3n) is 3.90. The fraction of sp³-hybridized carbons (Fsp3) is 0.190. The van der Waals surface area contributed by atoms with Gasteiger partial charge in [0, 0.05) is 11.3 Å². The van der Waals surface area contributed by atoms with Gasteiger partial charge in [-0.25, -0.2) is 4.99 Å². The van der Waals surface area contributed by atoms with E-state index in [4.69, 9.17) is 9.84 Å². The molecule has 0 atom stereocenters. The van der Waals surface area contributed by atoms with Crippen LogP contribution in [0, 0.1) is 0 Å². The highest BCUT2D eigenvalue weighted by atomic mass is 32.2. The van der Waals surface area contributed by atoms with E-state index in [0.717, 1.165) is 5.56 Å². The number of carbonyl (C=O) groups excluding carboxylic acids is 1. The van der Waals surface area contributed by atoms with Gasteiger partial charge in [0.05, 0.1) is 18.7 Å². The van der Waals surface area contributed by atoms with Gasteiger partial charge >= 0.3 is 5.97 Å². The first-order valence-corrected chi connectivity index (χ1v) is 9.85. The Kier molecular flexibility index (Phi) is 6.49. The zero-order valence-corrected chi connectivity index (χ0v) is 16.2. The van der Waals surface area contributed by atoms with E-state index in [9.17, 15) is 9.59 Å². The van der Waals surface area contributed by atoms with Crippen molar-refractivity contribution in [3.63, 3.8) is 0 Å². The fourth-order valence-electron chi connectivity index (χ4n) is 2.66. The molecule has 0 radical (unpaired) electrons. The van der Waals surface area contributed by atoms with Crippen LogP contribution < -0.4 is 9.64 Å². The first kappa shape index (κ1) is 19.7. The van der Waals surface area contributed by atoms with Crippen LogP contribution in [0.2, 0.25) is 0 Å². The number of amidine groups is 1. The lowest BCUT2D eigenvalue weighted by atomic mass is 10.1. The van der Waals surface area contributed by atoms with Crippen molar-refractivity contribution in [2.75, 3.05) is 17.3 Å². The normalized spacial score (nSPS) is 15.0. The van der Waals surface area contributed by atoms with Crippen molar-refractivity contribution < 1.29 is 19.4 Å². The molecular weight excluding hydrogens is 376 g/mol. The summed E-state index contributed by atoms with van der Waals surface area (Å²) in [5, 5.41) is 9.36. The Labute approximate surface area is 167 Å². The number of hydrogen-bond acceptors (Lipinski definition) is 5. The van der Waals surface area contributed by atoms with Gasteiger partial charge in [-0.1, -0.05) is 48.2 Å². The van der Waals surface area contributed by atoms with Crippen LogP contribution in [0.1, 0.15) is 18.9 Å². The van der Waals surface area contributed by atoms with Gasteiger partial charge in [-0.15, -0.1) is 0 Å². The number of aliphatic carboxylic acids is 1. The summed E-state index contributed by atoms with van der Waals surface area (Å²) in [4.78, 5) is 29.9. The van der Waals surface area contributed by atoms with Crippen LogP contribution in [0.15, 0.2) is 65.3 Å². The van der Waals surface area contributed by atoms with Gasteiger partial charge in [0.25, 0.3) is 5.91 Å². The van der Waals surface area contributed by atoms with E-state index in [1.165, 1.54) is 16.7 Å². The average molecular weight is 396 g/mol. The number of benzene rings is 2. The Bertz CT molecular complexity index is 925. The van der Waals surface area contributed by atoms with Gasteiger partial charge in [-0.05, 0) is 31.2 Å². The zero-order valence-electron chi connectivity index (χ0n) is 15.4. The maximum absolute atomic E-state index is 13.1. The molecule has 2 aromatic rings. The van der Waals surface area contributed by atoms with Crippen molar-refractivity contribution in [2.45, 2.75) is 13.3 Å². The van der Waals surface area contributed by atoms with Gasteiger partial charge in [0.2, 0.25) is 0 Å². The molecule has 0 unspecified atom stereocenters. The number of anilines is 1. The first-order chi connectivity index (χ1) is 13.6. The highest BCUT2D eigenvalue weighted by Crippen LogP contribution is 2.31. The summed E-state index contributed by atoms with van der Waals surface area (Å²) >= 11 is 1.25. The van der Waals surface area contributed by atoms with Crippen molar-refractivity contribution in [3.8, 4) is 5.75 Å². The molecule has 0 aliphatic carbocycles. The molecule has 1 aliphatic rings. The molecule has 1 aliphatic heterocycles. The van der Waals surface area contributed by atoms with Gasteiger partial charge in [0.1, 0.15) is 11.4 Å². The fourth-order valence-corrected chi connectivity index (χ4v) is 3.60. The maximum atomic E-state index is 13.1. The van der Waals surface area contributed by atoms with Gasteiger partial charge in [-0.3, -0.25) is 14.5 Å². The molecule has 7 heteroatoms. The van der Waals surface area contributed by atoms with E-state index in [1.807, 2.05) is 61.5 Å². The zero-order chi connectivity index (χ0) is 19.9. The van der Waals surface area contributed by atoms with Crippen molar-refractivity contribution in [2.24, 2.45) is 4.99 Å². The molecule has 1 heterocycles. The summed E-state index contributed by atoms with van der Waals surface area (Å²) in [5.74, 6) is -0.132. The predicted octanol–water partition coefficient (Wildman–Crippen LogP) is 4.04. The van der Waals surface area contributed by atoms with E-state index in [-0.39, 0.29) is 18.0 Å². The predicted molar refractivity (Wildman–Crippen MR) is 112 cm³/mol. The number of hydrogen-bond donors (Lipinski definition) is 1. The minimum Gasteiger partial charge on any atom is -0.493 e. The number of aliphatic imine (C=N–C) groups is 1. The number of carboxylic acid groups (broad SMARTS) is 1. The highest BCUT2D eigenvalue weighted by molar-refractivity contribution is 8.14. The van der Waals surface area contributed by atoms with Crippen LogP contribution >= 0.6 is 11.8 Å². The van der Waals surface area contributed by atoms with E-state index in [1.54, 1.807) is 6.08 Å². The van der Waals surface area contributed by atoms with Crippen LogP contribution in [0.5, 0.6) is 5.75 Å². The summed E-state index contributed by atoms with van der Waals surface area (Å²) in [6, 6.07) is 16.6. The number of ether oxygens (including phenoxy) is 1. The molecule has 6 nitrogen and oxygen atoms in total. The molecule has 28 heavy (non-hydrogen) atoms. The molecule has 1 amide bonds. The smallest absolute Gasteiger partial charge is 0.304 e. The molecule has 0 fully saturated rings. The summed E-state index contributed by atoms with van der Waals surface area (Å²) < 4.78 is 5.62. The van der Waals surface area contributed by atoms with Crippen molar-refractivity contribution in [1.82, 2.24) is 0 Å². The number of rotatable bonds is 7. The topological polar surface area (TPSA) is 79.2 Å². The SMILES string of the molecule is CCOc1ccccc1/C=C1\N=C(SCCC(=O)O)N(c2ccccc2)C1=O. The summed E-state index contributed by atoms with van der Waals surface area (Å²) in [7, 11) is 0. The molecule has 0 aromatic heterocycles. The Balaban J connectivity index is 1.94. The average Bonchev–Trinajstić information content (AvgIpc) is 2.99. The number of carbonyl (C=O) groups is 2. The van der Waals surface area contributed by atoms with Gasteiger partial charge in [-0.2, -0.15) is 0 Å². The summed E-state index contributed by atoms with van der Waals surface area (Å²) in [6.45, 7) is 2.42. The van der Waals surface area contributed by atoms with Crippen LogP contribution in [0.25, 0.3) is 6.08 Å². The number of thioether (sulfide) groups is 1. The summed E-state index contributed by atoms with van der Waals surface area (Å²) in [5.41, 5.74) is 1.74. The monoisotopic (exact) mass is 396 g/mol. The minimum atomic E-state index is -0.884. The Hall–Kier alpha value is -3.06. The van der Waals surface area contributed by atoms with Crippen LogP contribution in [0.4, 0.5) is 5.69 Å². The Morgan fingerprint density at radius 1 is 1.18 bits per heavy atom. The molecule has 0 spiro atoms. The number of amides is 1. The third kappa shape index (κ3) is 4.61. The minimum absolute atomic E-state index is 0.00721. The second kappa shape index (κ2) is 9.23. The molecular formula is C21H20N2O4S. The maximum Gasteiger partial charge on any atom is 0.304 e. The molecule has 3 rings (SSSR count). The molecule has 0 saturated carbocycles. The van der Waals surface area contributed by atoms with E-state index in [2.05, 4.69) is 4.99 Å².